The summed E-state index contributed by atoms with van der Waals surface area (Å²) in [6.45, 7) is 5.05. The van der Waals surface area contributed by atoms with E-state index in [1.165, 1.54) is 11.6 Å². The van der Waals surface area contributed by atoms with Gasteiger partial charge in [0, 0.05) is 5.54 Å². The van der Waals surface area contributed by atoms with Gasteiger partial charge in [0.1, 0.15) is 0 Å². The summed E-state index contributed by atoms with van der Waals surface area (Å²) < 4.78 is 0. The second-order valence-electron chi connectivity index (χ2n) is 2.49. The number of carbonyl (C=O) groups is 1. The average Bonchev–Trinajstić information content (AvgIpc) is 2.00. The van der Waals surface area contributed by atoms with Crippen LogP contribution in [0.5, 0.6) is 0 Å². The molecule has 11 heavy (non-hydrogen) atoms. The first kappa shape index (κ1) is 10.2. The van der Waals surface area contributed by atoms with Crippen molar-refractivity contribution in [2.45, 2.75) is 13.3 Å². The molecule has 0 spiro atoms. The Bertz CT molecular complexity index is 187. The minimum absolute atomic E-state index is 0.370. The van der Waals surface area contributed by atoms with Crippen molar-refractivity contribution in [3.05, 3.63) is 24.3 Å². The molecular formula is C8H11ClO2. The molecule has 0 aromatic rings. The molecule has 1 N–H and O–H groups in total. The van der Waals surface area contributed by atoms with Gasteiger partial charge in [-0.15, -0.1) is 6.58 Å². The van der Waals surface area contributed by atoms with Gasteiger partial charge in [0.15, 0.2) is 0 Å². The Morgan fingerprint density at radius 3 is 2.64 bits per heavy atom. The Kier molecular flexibility index (Phi) is 3.90. The summed E-state index contributed by atoms with van der Waals surface area (Å²) in [5, 5.41) is 8.71. The van der Waals surface area contributed by atoms with Crippen molar-refractivity contribution in [3.8, 4) is 0 Å². The van der Waals surface area contributed by atoms with Gasteiger partial charge in [0.05, 0.1) is 5.41 Å². The van der Waals surface area contributed by atoms with E-state index in [1.807, 2.05) is 0 Å². The van der Waals surface area contributed by atoms with E-state index in [2.05, 4.69) is 6.58 Å². The highest BCUT2D eigenvalue weighted by atomic mass is 35.5. The molecule has 0 amide bonds. The van der Waals surface area contributed by atoms with E-state index >= 15 is 0 Å². The fraction of sp³-hybridized carbons (Fsp3) is 0.375. The van der Waals surface area contributed by atoms with Crippen LogP contribution in [0.2, 0.25) is 0 Å². The van der Waals surface area contributed by atoms with Gasteiger partial charge in [-0.1, -0.05) is 23.8 Å². The van der Waals surface area contributed by atoms with E-state index in [1.54, 1.807) is 13.0 Å². The second-order valence-corrected chi connectivity index (χ2v) is 2.74. The maximum Gasteiger partial charge on any atom is 0.313 e. The summed E-state index contributed by atoms with van der Waals surface area (Å²) >= 11 is 5.26. The minimum atomic E-state index is -0.897. The molecule has 0 aromatic carbocycles. The van der Waals surface area contributed by atoms with Crippen LogP contribution >= 0.6 is 11.6 Å². The average molecular weight is 175 g/mol. The third-order valence-electron chi connectivity index (χ3n) is 1.57. The van der Waals surface area contributed by atoms with Crippen LogP contribution in [0, 0.1) is 5.41 Å². The number of halogens is 1. The zero-order chi connectivity index (χ0) is 8.91. The molecule has 0 aliphatic carbocycles. The predicted octanol–water partition coefficient (Wildman–Crippen LogP) is 2.41. The van der Waals surface area contributed by atoms with E-state index < -0.39 is 11.4 Å². The van der Waals surface area contributed by atoms with E-state index in [-0.39, 0.29) is 0 Å². The molecular weight excluding hydrogens is 164 g/mol. The van der Waals surface area contributed by atoms with E-state index in [9.17, 15) is 4.79 Å². The van der Waals surface area contributed by atoms with Crippen LogP contribution in [-0.4, -0.2) is 11.1 Å². The van der Waals surface area contributed by atoms with Crippen molar-refractivity contribution in [2.75, 3.05) is 0 Å². The molecule has 0 rings (SSSR count). The highest BCUT2D eigenvalue weighted by Gasteiger charge is 2.27. The van der Waals surface area contributed by atoms with Crippen molar-refractivity contribution in [3.63, 3.8) is 0 Å². The lowest BCUT2D eigenvalue weighted by molar-refractivity contribution is -0.144. The molecule has 0 aliphatic rings. The fourth-order valence-corrected chi connectivity index (χ4v) is 0.636. The number of rotatable bonds is 4. The van der Waals surface area contributed by atoms with Gasteiger partial charge in [-0.25, -0.2) is 0 Å². The highest BCUT2D eigenvalue weighted by Crippen LogP contribution is 2.23. The van der Waals surface area contributed by atoms with Crippen molar-refractivity contribution < 1.29 is 9.90 Å². The number of hydrogen-bond acceptors (Lipinski definition) is 1. The van der Waals surface area contributed by atoms with Gasteiger partial charge in [0.25, 0.3) is 0 Å². The lowest BCUT2D eigenvalue weighted by Gasteiger charge is -2.17. The number of aliphatic carboxylic acids is 1. The first-order valence-corrected chi connectivity index (χ1v) is 3.62. The molecule has 2 nitrogen and oxygen atoms in total. The Morgan fingerprint density at radius 1 is 1.82 bits per heavy atom. The fourth-order valence-electron chi connectivity index (χ4n) is 0.547. The number of allylic oxidation sites excluding steroid dienone is 1. The molecule has 1 atom stereocenters. The van der Waals surface area contributed by atoms with E-state index in [0.717, 1.165) is 0 Å². The summed E-state index contributed by atoms with van der Waals surface area (Å²) in [6.07, 6.45) is 3.37. The van der Waals surface area contributed by atoms with Gasteiger partial charge < -0.3 is 5.11 Å². The summed E-state index contributed by atoms with van der Waals surface area (Å²) in [5.41, 5.74) is 0.413. The van der Waals surface area contributed by atoms with Gasteiger partial charge in [-0.05, 0) is 13.3 Å². The molecule has 0 fully saturated rings. The third-order valence-corrected chi connectivity index (χ3v) is 1.75. The molecule has 62 valence electrons. The SMILES string of the molecule is C=CC(C)(C/C=C/Cl)C(=O)O. The zero-order valence-corrected chi connectivity index (χ0v) is 7.14. The maximum atomic E-state index is 10.6. The molecule has 0 radical (unpaired) electrons. The summed E-state index contributed by atoms with van der Waals surface area (Å²) in [5.74, 6) is -0.887. The van der Waals surface area contributed by atoms with E-state index in [4.69, 9.17) is 16.7 Å². The second kappa shape index (κ2) is 4.19. The maximum absolute atomic E-state index is 10.6. The Labute approximate surface area is 71.2 Å². The number of carboxylic acid groups (broad SMARTS) is 1. The third kappa shape index (κ3) is 2.76. The van der Waals surface area contributed by atoms with Crippen LogP contribution < -0.4 is 0 Å². The Morgan fingerprint density at radius 2 is 2.36 bits per heavy atom. The Balaban J connectivity index is 4.34. The standard InChI is InChI=1S/C8H11ClO2/c1-3-8(2,7(10)11)5-4-6-9/h3-4,6H,1,5H2,2H3,(H,10,11)/b6-4+. The van der Waals surface area contributed by atoms with Crippen molar-refractivity contribution >= 4 is 17.6 Å². The Hall–Kier alpha value is -0.760. The molecule has 0 bridgehead atoms. The smallest absolute Gasteiger partial charge is 0.313 e. The summed E-state index contributed by atoms with van der Waals surface area (Å²) in [4.78, 5) is 10.6. The van der Waals surface area contributed by atoms with Gasteiger partial charge in [-0.2, -0.15) is 0 Å². The number of hydrogen-bond donors (Lipinski definition) is 1. The summed E-state index contributed by atoms with van der Waals surface area (Å²) in [6, 6.07) is 0. The summed E-state index contributed by atoms with van der Waals surface area (Å²) in [7, 11) is 0. The number of carboxylic acids is 1. The predicted molar refractivity (Wildman–Crippen MR) is 45.5 cm³/mol. The quantitative estimate of drug-likeness (QED) is 0.665. The molecule has 0 saturated heterocycles. The van der Waals surface area contributed by atoms with Crippen LogP contribution in [0.25, 0.3) is 0 Å². The first-order valence-electron chi connectivity index (χ1n) is 3.19. The normalized spacial score (nSPS) is 16.2. The van der Waals surface area contributed by atoms with Gasteiger partial charge in [0.2, 0.25) is 0 Å². The minimum Gasteiger partial charge on any atom is -0.481 e. The lowest BCUT2D eigenvalue weighted by Crippen LogP contribution is -2.23. The van der Waals surface area contributed by atoms with Crippen LogP contribution in [0.3, 0.4) is 0 Å². The monoisotopic (exact) mass is 174 g/mol. The van der Waals surface area contributed by atoms with Crippen LogP contribution in [0.4, 0.5) is 0 Å². The molecule has 3 heteroatoms. The molecule has 0 heterocycles. The molecule has 0 saturated carbocycles. The molecule has 0 aromatic heterocycles. The van der Waals surface area contributed by atoms with Gasteiger partial charge >= 0.3 is 5.97 Å². The molecule has 0 aliphatic heterocycles. The van der Waals surface area contributed by atoms with Crippen molar-refractivity contribution in [1.29, 1.82) is 0 Å². The van der Waals surface area contributed by atoms with E-state index in [0.29, 0.717) is 6.42 Å². The molecule has 1 unspecified atom stereocenters. The van der Waals surface area contributed by atoms with Crippen LogP contribution in [0.1, 0.15) is 13.3 Å². The lowest BCUT2D eigenvalue weighted by atomic mass is 9.87. The van der Waals surface area contributed by atoms with Crippen molar-refractivity contribution in [1.82, 2.24) is 0 Å². The van der Waals surface area contributed by atoms with Crippen LogP contribution in [-0.2, 0) is 4.79 Å². The highest BCUT2D eigenvalue weighted by molar-refractivity contribution is 6.25. The topological polar surface area (TPSA) is 37.3 Å². The van der Waals surface area contributed by atoms with Gasteiger partial charge in [-0.3, -0.25) is 4.79 Å². The largest absolute Gasteiger partial charge is 0.481 e. The van der Waals surface area contributed by atoms with Crippen molar-refractivity contribution in [2.24, 2.45) is 5.41 Å². The van der Waals surface area contributed by atoms with Crippen LogP contribution in [0.15, 0.2) is 24.3 Å². The zero-order valence-electron chi connectivity index (χ0n) is 6.38. The first-order chi connectivity index (χ1) is 5.06.